The average Bonchev–Trinajstić information content (AvgIpc) is 2.26. The van der Waals surface area contributed by atoms with Crippen LogP contribution in [0.15, 0.2) is 18.2 Å². The second kappa shape index (κ2) is 6.89. The van der Waals surface area contributed by atoms with E-state index >= 15 is 0 Å². The van der Waals surface area contributed by atoms with E-state index in [0.717, 1.165) is 11.3 Å². The number of aliphatic hydroxyl groups is 2. The average molecular weight is 267 g/mol. The van der Waals surface area contributed by atoms with E-state index in [2.05, 4.69) is 5.32 Å². The van der Waals surface area contributed by atoms with Crippen LogP contribution < -0.4 is 10.1 Å². The summed E-state index contributed by atoms with van der Waals surface area (Å²) in [7, 11) is 0. The van der Waals surface area contributed by atoms with Gasteiger partial charge >= 0.3 is 0 Å². The van der Waals surface area contributed by atoms with Gasteiger partial charge in [-0.1, -0.05) is 17.7 Å². The quantitative estimate of drug-likeness (QED) is 0.699. The van der Waals surface area contributed by atoms with Crippen molar-refractivity contribution in [1.29, 1.82) is 0 Å². The molecule has 1 aromatic carbocycles. The Morgan fingerprint density at radius 1 is 1.32 bits per heavy atom. The zero-order valence-electron chi connectivity index (χ0n) is 12.2. The number of hydrogen-bond acceptors (Lipinski definition) is 4. The molecule has 0 saturated heterocycles. The molecule has 1 atom stereocenters. The van der Waals surface area contributed by atoms with Crippen molar-refractivity contribution < 1.29 is 14.9 Å². The van der Waals surface area contributed by atoms with E-state index in [-0.39, 0.29) is 6.61 Å². The molecule has 0 aliphatic heterocycles. The predicted molar refractivity (Wildman–Crippen MR) is 76.6 cm³/mol. The number of aliphatic hydroxyl groups excluding tert-OH is 1. The van der Waals surface area contributed by atoms with Gasteiger partial charge in [0.15, 0.2) is 0 Å². The van der Waals surface area contributed by atoms with Crippen LogP contribution in [0.4, 0.5) is 0 Å². The highest BCUT2D eigenvalue weighted by Gasteiger charge is 2.13. The molecule has 0 aromatic heterocycles. The standard InChI is InChI=1S/C15H25NO3/c1-11-5-6-14(12(2)7-11)19-9-13(17)8-16-10-15(3,4)18/h5-7,13,16-18H,8-10H2,1-4H3. The SMILES string of the molecule is Cc1ccc(OCC(O)CNCC(C)(C)O)c(C)c1. The van der Waals surface area contributed by atoms with Gasteiger partial charge in [0, 0.05) is 13.1 Å². The molecule has 0 heterocycles. The third-order valence-electron chi connectivity index (χ3n) is 2.70. The van der Waals surface area contributed by atoms with Crippen LogP contribution in [-0.4, -0.2) is 41.6 Å². The Labute approximate surface area is 115 Å². The first-order valence-electron chi connectivity index (χ1n) is 6.59. The lowest BCUT2D eigenvalue weighted by Gasteiger charge is -2.20. The van der Waals surface area contributed by atoms with E-state index in [1.54, 1.807) is 13.8 Å². The Hall–Kier alpha value is -1.10. The topological polar surface area (TPSA) is 61.7 Å². The van der Waals surface area contributed by atoms with Gasteiger partial charge < -0.3 is 20.3 Å². The summed E-state index contributed by atoms with van der Waals surface area (Å²) in [6.07, 6.45) is -0.594. The number of nitrogens with one attached hydrogen (secondary N) is 1. The van der Waals surface area contributed by atoms with E-state index in [1.807, 2.05) is 32.0 Å². The van der Waals surface area contributed by atoms with Crippen LogP contribution in [0.25, 0.3) is 0 Å². The van der Waals surface area contributed by atoms with Crippen molar-refractivity contribution >= 4 is 0 Å². The number of aryl methyl sites for hydroxylation is 2. The van der Waals surface area contributed by atoms with E-state index in [4.69, 9.17) is 4.74 Å². The van der Waals surface area contributed by atoms with Crippen molar-refractivity contribution in [1.82, 2.24) is 5.32 Å². The van der Waals surface area contributed by atoms with Crippen molar-refractivity contribution in [3.05, 3.63) is 29.3 Å². The summed E-state index contributed by atoms with van der Waals surface area (Å²) >= 11 is 0. The van der Waals surface area contributed by atoms with Gasteiger partial charge in [0.2, 0.25) is 0 Å². The first-order chi connectivity index (χ1) is 8.78. The lowest BCUT2D eigenvalue weighted by Crippen LogP contribution is -2.40. The molecule has 1 aromatic rings. The molecule has 0 aliphatic carbocycles. The maximum absolute atomic E-state index is 9.78. The minimum absolute atomic E-state index is 0.239. The molecule has 0 saturated carbocycles. The Balaban J connectivity index is 2.32. The molecular weight excluding hydrogens is 242 g/mol. The zero-order valence-corrected chi connectivity index (χ0v) is 12.2. The first kappa shape index (κ1) is 16.0. The monoisotopic (exact) mass is 267 g/mol. The van der Waals surface area contributed by atoms with Crippen molar-refractivity contribution in [3.8, 4) is 5.75 Å². The van der Waals surface area contributed by atoms with Crippen LogP contribution in [0.2, 0.25) is 0 Å². The molecule has 3 N–H and O–H groups in total. The van der Waals surface area contributed by atoms with Crippen molar-refractivity contribution in [2.24, 2.45) is 0 Å². The maximum atomic E-state index is 9.78. The molecule has 0 amide bonds. The summed E-state index contributed by atoms with van der Waals surface area (Å²) in [6.45, 7) is 8.54. The second-order valence-corrected chi connectivity index (χ2v) is 5.68. The summed E-state index contributed by atoms with van der Waals surface area (Å²) in [5.41, 5.74) is 1.49. The van der Waals surface area contributed by atoms with Gasteiger partial charge in [-0.25, -0.2) is 0 Å². The Kier molecular flexibility index (Phi) is 5.79. The molecule has 0 bridgehead atoms. The van der Waals surface area contributed by atoms with Crippen LogP contribution in [0, 0.1) is 13.8 Å². The maximum Gasteiger partial charge on any atom is 0.122 e. The Morgan fingerprint density at radius 3 is 2.58 bits per heavy atom. The third-order valence-corrected chi connectivity index (χ3v) is 2.70. The summed E-state index contributed by atoms with van der Waals surface area (Å²) in [5.74, 6) is 0.798. The summed E-state index contributed by atoms with van der Waals surface area (Å²) in [5, 5.41) is 22.3. The van der Waals surface area contributed by atoms with Gasteiger partial charge in [-0.15, -0.1) is 0 Å². The molecule has 4 heteroatoms. The largest absolute Gasteiger partial charge is 0.491 e. The Morgan fingerprint density at radius 2 is 2.00 bits per heavy atom. The van der Waals surface area contributed by atoms with E-state index in [0.29, 0.717) is 13.1 Å². The number of hydrogen-bond donors (Lipinski definition) is 3. The normalized spacial score (nSPS) is 13.4. The van der Waals surface area contributed by atoms with Crippen molar-refractivity contribution in [3.63, 3.8) is 0 Å². The molecule has 108 valence electrons. The number of ether oxygens (including phenoxy) is 1. The highest BCUT2D eigenvalue weighted by Crippen LogP contribution is 2.18. The number of benzene rings is 1. The van der Waals surface area contributed by atoms with Crippen LogP contribution in [0.3, 0.4) is 0 Å². The van der Waals surface area contributed by atoms with E-state index in [1.165, 1.54) is 5.56 Å². The molecular formula is C15H25NO3. The minimum atomic E-state index is -0.770. The van der Waals surface area contributed by atoms with Gasteiger partial charge in [0.1, 0.15) is 18.5 Å². The predicted octanol–water partition coefficient (Wildman–Crippen LogP) is 1.40. The van der Waals surface area contributed by atoms with Crippen LogP contribution in [0.1, 0.15) is 25.0 Å². The highest BCUT2D eigenvalue weighted by atomic mass is 16.5. The minimum Gasteiger partial charge on any atom is -0.491 e. The second-order valence-electron chi connectivity index (χ2n) is 5.68. The number of rotatable bonds is 7. The zero-order chi connectivity index (χ0) is 14.5. The molecule has 0 radical (unpaired) electrons. The lowest BCUT2D eigenvalue weighted by molar-refractivity contribution is 0.0664. The van der Waals surface area contributed by atoms with Crippen LogP contribution in [-0.2, 0) is 0 Å². The van der Waals surface area contributed by atoms with Gasteiger partial charge in [0.25, 0.3) is 0 Å². The lowest BCUT2D eigenvalue weighted by atomic mass is 10.1. The Bertz CT molecular complexity index is 399. The molecule has 1 unspecified atom stereocenters. The van der Waals surface area contributed by atoms with Crippen molar-refractivity contribution in [2.75, 3.05) is 19.7 Å². The molecule has 19 heavy (non-hydrogen) atoms. The van der Waals surface area contributed by atoms with Crippen LogP contribution >= 0.6 is 0 Å². The van der Waals surface area contributed by atoms with Crippen molar-refractivity contribution in [2.45, 2.75) is 39.4 Å². The molecule has 1 rings (SSSR count). The van der Waals surface area contributed by atoms with Gasteiger partial charge in [-0.3, -0.25) is 0 Å². The molecule has 4 nitrogen and oxygen atoms in total. The fraction of sp³-hybridized carbons (Fsp3) is 0.600. The smallest absolute Gasteiger partial charge is 0.122 e. The molecule has 0 aliphatic rings. The first-order valence-corrected chi connectivity index (χ1v) is 6.59. The summed E-state index contributed by atoms with van der Waals surface area (Å²) < 4.78 is 5.58. The molecule has 0 spiro atoms. The van der Waals surface area contributed by atoms with E-state index < -0.39 is 11.7 Å². The third kappa shape index (κ3) is 6.57. The summed E-state index contributed by atoms with van der Waals surface area (Å²) in [4.78, 5) is 0. The van der Waals surface area contributed by atoms with Gasteiger partial charge in [-0.2, -0.15) is 0 Å². The highest BCUT2D eigenvalue weighted by molar-refractivity contribution is 5.35. The van der Waals surface area contributed by atoms with Crippen LogP contribution in [0.5, 0.6) is 5.75 Å². The molecule has 0 fully saturated rings. The summed E-state index contributed by atoms with van der Waals surface area (Å²) in [6, 6.07) is 5.96. The fourth-order valence-electron chi connectivity index (χ4n) is 1.75. The van der Waals surface area contributed by atoms with Gasteiger partial charge in [0.05, 0.1) is 5.60 Å². The fourth-order valence-corrected chi connectivity index (χ4v) is 1.75. The van der Waals surface area contributed by atoms with Gasteiger partial charge in [-0.05, 0) is 39.3 Å². The van der Waals surface area contributed by atoms with E-state index in [9.17, 15) is 10.2 Å².